The van der Waals surface area contributed by atoms with Crippen LogP contribution in [0.4, 0.5) is 11.8 Å². The van der Waals surface area contributed by atoms with Gasteiger partial charge in [0, 0.05) is 22.8 Å². The lowest BCUT2D eigenvalue weighted by Gasteiger charge is -1.98. The molecule has 18 heavy (non-hydrogen) atoms. The van der Waals surface area contributed by atoms with Gasteiger partial charge in [0.05, 0.1) is 6.20 Å². The fourth-order valence-electron chi connectivity index (χ4n) is 1.57. The van der Waals surface area contributed by atoms with E-state index in [1.165, 1.54) is 0 Å². The number of H-pyrrole nitrogens is 1. The molecule has 8 heteroatoms. The Balaban J connectivity index is 1.81. The zero-order valence-corrected chi connectivity index (χ0v) is 10.8. The third kappa shape index (κ3) is 2.02. The fourth-order valence-corrected chi connectivity index (χ4v) is 1.90. The summed E-state index contributed by atoms with van der Waals surface area (Å²) in [7, 11) is 0. The predicted molar refractivity (Wildman–Crippen MR) is 71.0 cm³/mol. The molecule has 0 spiro atoms. The topological polar surface area (TPSA) is 96.9 Å². The number of anilines is 2. The number of aromatic amines is 1. The third-order valence-corrected chi connectivity index (χ3v) is 2.95. The van der Waals surface area contributed by atoms with E-state index in [1.54, 1.807) is 10.7 Å². The van der Waals surface area contributed by atoms with E-state index in [1.807, 2.05) is 18.3 Å². The van der Waals surface area contributed by atoms with Gasteiger partial charge < -0.3 is 11.1 Å². The van der Waals surface area contributed by atoms with Crippen molar-refractivity contribution in [3.8, 4) is 0 Å². The van der Waals surface area contributed by atoms with E-state index >= 15 is 0 Å². The molecule has 0 unspecified atom stereocenters. The lowest BCUT2D eigenvalue weighted by Crippen LogP contribution is -2.02. The highest BCUT2D eigenvalue weighted by molar-refractivity contribution is 9.10. The Morgan fingerprint density at radius 1 is 1.44 bits per heavy atom. The number of pyridine rings is 1. The molecule has 3 aromatic rings. The smallest absolute Gasteiger partial charge is 0.243 e. The van der Waals surface area contributed by atoms with Gasteiger partial charge in [0.15, 0.2) is 5.65 Å². The molecule has 0 radical (unpaired) electrons. The van der Waals surface area contributed by atoms with Gasteiger partial charge in [-0.25, -0.2) is 4.52 Å². The number of nitrogens with zero attached hydrogens (tertiary/aromatic N) is 4. The van der Waals surface area contributed by atoms with Crippen molar-refractivity contribution >= 4 is 33.3 Å². The van der Waals surface area contributed by atoms with Crippen LogP contribution in [-0.2, 0) is 6.54 Å². The Kier molecular flexibility index (Phi) is 2.63. The highest BCUT2D eigenvalue weighted by Gasteiger charge is 2.05. The lowest BCUT2D eigenvalue weighted by atomic mass is 10.3. The number of hydrogen-bond acceptors (Lipinski definition) is 5. The first-order chi connectivity index (χ1) is 8.72. The second kappa shape index (κ2) is 4.30. The molecule has 92 valence electrons. The molecular weight excluding hydrogens is 298 g/mol. The lowest BCUT2D eigenvalue weighted by molar-refractivity contribution is 0.946. The maximum Gasteiger partial charge on any atom is 0.243 e. The van der Waals surface area contributed by atoms with E-state index in [0.717, 1.165) is 15.7 Å². The molecule has 0 aliphatic rings. The van der Waals surface area contributed by atoms with Crippen molar-refractivity contribution in [2.45, 2.75) is 6.54 Å². The average molecular weight is 308 g/mol. The van der Waals surface area contributed by atoms with Crippen molar-refractivity contribution < 1.29 is 0 Å². The van der Waals surface area contributed by atoms with Crippen LogP contribution in [0.25, 0.3) is 5.65 Å². The molecule has 0 fully saturated rings. The van der Waals surface area contributed by atoms with Crippen molar-refractivity contribution in [2.75, 3.05) is 11.1 Å². The van der Waals surface area contributed by atoms with E-state index in [0.29, 0.717) is 18.3 Å². The number of aromatic nitrogens is 5. The molecule has 3 heterocycles. The van der Waals surface area contributed by atoms with Gasteiger partial charge in [-0.1, -0.05) is 0 Å². The maximum atomic E-state index is 5.69. The van der Waals surface area contributed by atoms with Crippen LogP contribution in [0.5, 0.6) is 0 Å². The van der Waals surface area contributed by atoms with Gasteiger partial charge in [-0.3, -0.25) is 5.10 Å². The molecule has 4 N–H and O–H groups in total. The summed E-state index contributed by atoms with van der Waals surface area (Å²) in [4.78, 5) is 4.33. The molecule has 3 rings (SSSR count). The molecule has 0 bridgehead atoms. The van der Waals surface area contributed by atoms with Crippen molar-refractivity contribution in [3.05, 3.63) is 34.6 Å². The summed E-state index contributed by atoms with van der Waals surface area (Å²) >= 11 is 3.38. The summed E-state index contributed by atoms with van der Waals surface area (Å²) in [6.07, 6.45) is 3.52. The molecular formula is C10H10BrN7. The van der Waals surface area contributed by atoms with E-state index in [2.05, 4.69) is 41.5 Å². The van der Waals surface area contributed by atoms with Crippen molar-refractivity contribution in [2.24, 2.45) is 0 Å². The Morgan fingerprint density at radius 3 is 3.11 bits per heavy atom. The van der Waals surface area contributed by atoms with Crippen LogP contribution in [0.1, 0.15) is 5.56 Å². The molecule has 0 saturated heterocycles. The van der Waals surface area contributed by atoms with Crippen molar-refractivity contribution in [1.82, 2.24) is 24.8 Å². The van der Waals surface area contributed by atoms with E-state index in [9.17, 15) is 0 Å². The molecule has 7 nitrogen and oxygen atoms in total. The van der Waals surface area contributed by atoms with Crippen LogP contribution in [0.3, 0.4) is 0 Å². The summed E-state index contributed by atoms with van der Waals surface area (Å²) in [5.41, 5.74) is 7.35. The van der Waals surface area contributed by atoms with Crippen LogP contribution in [0, 0.1) is 0 Å². The summed E-state index contributed by atoms with van der Waals surface area (Å²) in [6, 6.07) is 3.80. The number of hydrogen-bond donors (Lipinski definition) is 3. The van der Waals surface area contributed by atoms with Crippen LogP contribution in [0.2, 0.25) is 0 Å². The molecule has 0 aliphatic carbocycles. The van der Waals surface area contributed by atoms with Gasteiger partial charge in [-0.05, 0) is 28.1 Å². The SMILES string of the molecule is Nc1[nH]ncc1CNc1nc2ccc(Br)cn2n1. The van der Waals surface area contributed by atoms with E-state index < -0.39 is 0 Å². The number of nitrogen functional groups attached to an aromatic ring is 1. The molecule has 0 amide bonds. The number of halogens is 1. The third-order valence-electron chi connectivity index (χ3n) is 2.48. The zero-order chi connectivity index (χ0) is 12.5. The van der Waals surface area contributed by atoms with Gasteiger partial charge in [0.2, 0.25) is 5.95 Å². The van der Waals surface area contributed by atoms with E-state index in [4.69, 9.17) is 5.73 Å². The highest BCUT2D eigenvalue weighted by atomic mass is 79.9. The van der Waals surface area contributed by atoms with Crippen molar-refractivity contribution in [1.29, 1.82) is 0 Å². The molecule has 3 aromatic heterocycles. The van der Waals surface area contributed by atoms with Gasteiger partial charge in [-0.15, -0.1) is 5.10 Å². The summed E-state index contributed by atoms with van der Waals surface area (Å²) in [5.74, 6) is 1.10. The predicted octanol–water partition coefficient (Wildman–Crippen LogP) is 1.41. The first-order valence-corrected chi connectivity index (χ1v) is 6.05. The van der Waals surface area contributed by atoms with E-state index in [-0.39, 0.29) is 0 Å². The Bertz CT molecular complexity index is 686. The minimum absolute atomic E-state index is 0.528. The fraction of sp³-hybridized carbons (Fsp3) is 0.100. The molecule has 0 aromatic carbocycles. The molecule has 0 saturated carbocycles. The Labute approximate surface area is 111 Å². The largest absolute Gasteiger partial charge is 0.384 e. The second-order valence-electron chi connectivity index (χ2n) is 3.75. The van der Waals surface area contributed by atoms with Crippen LogP contribution >= 0.6 is 15.9 Å². The van der Waals surface area contributed by atoms with Gasteiger partial charge in [-0.2, -0.15) is 10.1 Å². The number of fused-ring (bicyclic) bond motifs is 1. The first kappa shape index (κ1) is 11.0. The first-order valence-electron chi connectivity index (χ1n) is 5.26. The number of rotatable bonds is 3. The standard InChI is InChI=1S/C10H10BrN7/c11-7-1-2-8-15-10(17-18(8)5-7)13-3-6-4-14-16-9(6)12/h1-2,4-5H,3H2,(H,13,17)(H3,12,14,16). The average Bonchev–Trinajstić information content (AvgIpc) is 2.92. The van der Waals surface area contributed by atoms with Crippen LogP contribution in [-0.4, -0.2) is 24.8 Å². The minimum Gasteiger partial charge on any atom is -0.384 e. The summed E-state index contributed by atoms with van der Waals surface area (Å²) in [5, 5.41) is 13.9. The molecule has 0 aliphatic heterocycles. The van der Waals surface area contributed by atoms with Crippen LogP contribution in [0.15, 0.2) is 29.0 Å². The molecule has 0 atom stereocenters. The quantitative estimate of drug-likeness (QED) is 0.680. The van der Waals surface area contributed by atoms with Gasteiger partial charge in [0.1, 0.15) is 5.82 Å². The second-order valence-corrected chi connectivity index (χ2v) is 4.66. The minimum atomic E-state index is 0.528. The monoisotopic (exact) mass is 307 g/mol. The number of nitrogens with two attached hydrogens (primary N) is 1. The summed E-state index contributed by atoms with van der Waals surface area (Å²) < 4.78 is 2.65. The Morgan fingerprint density at radius 2 is 2.33 bits per heavy atom. The van der Waals surface area contributed by atoms with Crippen LogP contribution < -0.4 is 11.1 Å². The maximum absolute atomic E-state index is 5.69. The normalized spacial score (nSPS) is 10.9. The Hall–Kier alpha value is -2.09. The highest BCUT2D eigenvalue weighted by Crippen LogP contribution is 2.13. The number of nitrogens with one attached hydrogen (secondary N) is 2. The summed E-state index contributed by atoms with van der Waals surface area (Å²) in [6.45, 7) is 0.528. The van der Waals surface area contributed by atoms with Crippen molar-refractivity contribution in [3.63, 3.8) is 0 Å². The van der Waals surface area contributed by atoms with Gasteiger partial charge >= 0.3 is 0 Å². The van der Waals surface area contributed by atoms with Gasteiger partial charge in [0.25, 0.3) is 0 Å². The zero-order valence-electron chi connectivity index (χ0n) is 9.26.